The highest BCUT2D eigenvalue weighted by atomic mass is 28.3. The summed E-state index contributed by atoms with van der Waals surface area (Å²) in [5.41, 5.74) is -0.558. The van der Waals surface area contributed by atoms with Crippen LogP contribution in [0.3, 0.4) is 0 Å². The molecule has 0 N–H and O–H groups in total. The van der Waals surface area contributed by atoms with E-state index in [2.05, 4.69) is 0 Å². The zero-order valence-corrected chi connectivity index (χ0v) is 12.6. The molecule has 0 atom stereocenters. The van der Waals surface area contributed by atoms with E-state index >= 15 is 0 Å². The molecule has 1 saturated heterocycles. The topological polar surface area (TPSA) is 35.5 Å². The molecular formula is C12H23BO3Si. The second-order valence-electron chi connectivity index (χ2n) is 5.48. The molecule has 0 aromatic carbocycles. The van der Waals surface area contributed by atoms with Crippen molar-refractivity contribution in [2.45, 2.75) is 64.3 Å². The van der Waals surface area contributed by atoms with Gasteiger partial charge in [-0.15, -0.1) is 0 Å². The van der Waals surface area contributed by atoms with Gasteiger partial charge < -0.3 is 13.8 Å². The van der Waals surface area contributed by atoms with E-state index in [4.69, 9.17) is 9.31 Å². The van der Waals surface area contributed by atoms with Gasteiger partial charge in [0, 0.05) is 0 Å². The van der Waals surface area contributed by atoms with Crippen molar-refractivity contribution in [3.63, 3.8) is 0 Å². The Morgan fingerprint density at radius 1 is 1.18 bits per heavy atom. The van der Waals surface area contributed by atoms with Crippen molar-refractivity contribution in [1.82, 2.24) is 0 Å². The summed E-state index contributed by atoms with van der Waals surface area (Å²) in [6, 6.07) is 1.59. The molecule has 0 bridgehead atoms. The maximum atomic E-state index is 11.3. The fourth-order valence-corrected chi connectivity index (χ4v) is 2.44. The number of rotatable bonds is 5. The van der Waals surface area contributed by atoms with Crippen LogP contribution in [0.25, 0.3) is 0 Å². The molecule has 0 unspecified atom stereocenters. The van der Waals surface area contributed by atoms with Crippen molar-refractivity contribution in [2.24, 2.45) is 0 Å². The molecule has 0 saturated carbocycles. The predicted molar refractivity (Wildman–Crippen MR) is 71.6 cm³/mol. The van der Waals surface area contributed by atoms with E-state index in [0.29, 0.717) is 0 Å². The second-order valence-corrected chi connectivity index (χ2v) is 7.77. The Morgan fingerprint density at radius 3 is 2.18 bits per heavy atom. The third kappa shape index (κ3) is 3.86. The molecule has 1 rings (SSSR count). The minimum absolute atomic E-state index is 0.274. The molecular weight excluding hydrogens is 231 g/mol. The van der Waals surface area contributed by atoms with Gasteiger partial charge in [0.1, 0.15) is 0 Å². The Morgan fingerprint density at radius 2 is 1.71 bits per heavy atom. The minimum atomic E-state index is -1.35. The van der Waals surface area contributed by atoms with Gasteiger partial charge in [0.2, 0.25) is 0 Å². The second kappa shape index (κ2) is 5.59. The van der Waals surface area contributed by atoms with Gasteiger partial charge in [-0.25, -0.2) is 0 Å². The Balaban J connectivity index is 2.40. The molecule has 3 nitrogen and oxygen atoms in total. The lowest BCUT2D eigenvalue weighted by molar-refractivity contribution is 0.00578. The van der Waals surface area contributed by atoms with Crippen molar-refractivity contribution in [1.29, 1.82) is 0 Å². The van der Waals surface area contributed by atoms with Crippen LogP contribution in [0.15, 0.2) is 12.1 Å². The summed E-state index contributed by atoms with van der Waals surface area (Å²) in [7, 11) is -1.63. The first-order chi connectivity index (χ1) is 7.78. The van der Waals surface area contributed by atoms with Crippen molar-refractivity contribution in [2.75, 3.05) is 0 Å². The van der Waals surface area contributed by atoms with Gasteiger partial charge in [-0.05, 0) is 46.2 Å². The summed E-state index contributed by atoms with van der Waals surface area (Å²) in [5, 5.41) is 0. The lowest BCUT2D eigenvalue weighted by atomic mass is 9.90. The standard InChI is InChI=1S/C12H23BO3Si/c1-6-17(14)10-8-7-9-13-15-11(2,3)12(4,5)16-13/h7,9H,6,8,10H2,1-5H3/b9-7+. The monoisotopic (exact) mass is 254 g/mol. The Labute approximate surface area is 106 Å². The predicted octanol–water partition coefficient (Wildman–Crippen LogP) is 3.01. The Bertz CT molecular complexity index is 297. The fraction of sp³-hybridized carbons (Fsp3) is 0.833. The number of hydrogen-bond acceptors (Lipinski definition) is 3. The van der Waals surface area contributed by atoms with Crippen molar-refractivity contribution < 1.29 is 13.8 Å². The van der Waals surface area contributed by atoms with Gasteiger partial charge in [-0.2, -0.15) is 0 Å². The lowest BCUT2D eigenvalue weighted by Gasteiger charge is -2.32. The van der Waals surface area contributed by atoms with E-state index in [0.717, 1.165) is 18.5 Å². The molecule has 0 amide bonds. The summed E-state index contributed by atoms with van der Waals surface area (Å²) in [6.45, 7) is 10.1. The van der Waals surface area contributed by atoms with E-state index in [1.807, 2.05) is 46.7 Å². The molecule has 17 heavy (non-hydrogen) atoms. The van der Waals surface area contributed by atoms with Crippen LogP contribution >= 0.6 is 0 Å². The maximum absolute atomic E-state index is 11.3. The number of hydrogen-bond donors (Lipinski definition) is 0. The van der Waals surface area contributed by atoms with E-state index in [1.54, 1.807) is 0 Å². The minimum Gasteiger partial charge on any atom is -0.400 e. The summed E-state index contributed by atoms with van der Waals surface area (Å²) in [4.78, 5) is 0. The van der Waals surface area contributed by atoms with Crippen molar-refractivity contribution >= 4 is 15.8 Å². The van der Waals surface area contributed by atoms with Crippen LogP contribution in [-0.2, 0) is 13.8 Å². The highest BCUT2D eigenvalue weighted by Gasteiger charge is 2.49. The summed E-state index contributed by atoms with van der Waals surface area (Å²) in [6.07, 6.45) is 2.86. The van der Waals surface area contributed by atoms with Crippen LogP contribution in [-0.4, -0.2) is 27.0 Å². The number of allylic oxidation sites excluding steroid dienone is 1. The van der Waals surface area contributed by atoms with Crippen LogP contribution < -0.4 is 0 Å². The van der Waals surface area contributed by atoms with Gasteiger partial charge in [0.15, 0.2) is 0 Å². The molecule has 0 spiro atoms. The molecule has 1 fully saturated rings. The van der Waals surface area contributed by atoms with Gasteiger partial charge in [-0.3, -0.25) is 0 Å². The van der Waals surface area contributed by atoms with Crippen molar-refractivity contribution in [3.8, 4) is 0 Å². The maximum Gasteiger partial charge on any atom is 0.486 e. The van der Waals surface area contributed by atoms with E-state index in [-0.39, 0.29) is 18.3 Å². The van der Waals surface area contributed by atoms with Crippen LogP contribution in [0.5, 0.6) is 0 Å². The average Bonchev–Trinajstić information content (AvgIpc) is 2.42. The lowest BCUT2D eigenvalue weighted by Crippen LogP contribution is -2.41. The SMILES string of the molecule is CC[Si](=O)CC/C=C/B1OC(C)(C)C(C)(C)O1. The van der Waals surface area contributed by atoms with E-state index in [1.165, 1.54) is 0 Å². The zero-order chi connectivity index (χ0) is 13.1. The van der Waals surface area contributed by atoms with Gasteiger partial charge in [0.05, 0.1) is 11.2 Å². The Hall–Kier alpha value is -0.258. The quantitative estimate of drug-likeness (QED) is 0.707. The molecule has 5 heteroatoms. The van der Waals surface area contributed by atoms with Gasteiger partial charge in [0.25, 0.3) is 8.68 Å². The summed E-state index contributed by atoms with van der Waals surface area (Å²) < 4.78 is 22.9. The van der Waals surface area contributed by atoms with Crippen LogP contribution in [0, 0.1) is 0 Å². The highest BCUT2D eigenvalue weighted by molar-refractivity contribution is 6.51. The van der Waals surface area contributed by atoms with Crippen LogP contribution in [0.1, 0.15) is 41.0 Å². The van der Waals surface area contributed by atoms with Gasteiger partial charge in [-0.1, -0.05) is 19.0 Å². The largest absolute Gasteiger partial charge is 0.486 e. The molecule has 1 heterocycles. The summed E-state index contributed by atoms with van der Waals surface area (Å²) in [5.74, 6) is 1.93. The highest BCUT2D eigenvalue weighted by Crippen LogP contribution is 2.36. The molecule has 0 aliphatic carbocycles. The normalized spacial score (nSPS) is 22.3. The average molecular weight is 254 g/mol. The molecule has 1 aliphatic heterocycles. The van der Waals surface area contributed by atoms with Gasteiger partial charge >= 0.3 is 7.12 Å². The molecule has 1 aliphatic rings. The summed E-state index contributed by atoms with van der Waals surface area (Å²) >= 11 is 0. The van der Waals surface area contributed by atoms with E-state index < -0.39 is 8.68 Å². The molecule has 0 aromatic rings. The molecule has 0 radical (unpaired) electrons. The van der Waals surface area contributed by atoms with Crippen LogP contribution in [0.4, 0.5) is 0 Å². The molecule has 0 aromatic heterocycles. The van der Waals surface area contributed by atoms with Crippen molar-refractivity contribution in [3.05, 3.63) is 12.1 Å². The third-order valence-corrected chi connectivity index (χ3v) is 5.18. The first kappa shape index (κ1) is 14.8. The van der Waals surface area contributed by atoms with Crippen LogP contribution in [0.2, 0.25) is 12.1 Å². The van der Waals surface area contributed by atoms with E-state index in [9.17, 15) is 4.46 Å². The third-order valence-electron chi connectivity index (χ3n) is 3.55. The fourth-order valence-electron chi connectivity index (χ4n) is 1.60. The zero-order valence-electron chi connectivity index (χ0n) is 11.6. The smallest absolute Gasteiger partial charge is 0.400 e. The Kier molecular flexibility index (Phi) is 4.87. The first-order valence-electron chi connectivity index (χ1n) is 6.32. The first-order valence-corrected chi connectivity index (χ1v) is 8.15. The molecule has 96 valence electrons.